The molecule has 3 atom stereocenters. The van der Waals surface area contributed by atoms with E-state index in [1.165, 1.54) is 24.2 Å². The molecule has 0 aromatic carbocycles. The Morgan fingerprint density at radius 1 is 1.29 bits per heavy atom. The van der Waals surface area contributed by atoms with Crippen molar-refractivity contribution in [3.05, 3.63) is 0 Å². The molecule has 1 heterocycles. The first-order valence-electron chi connectivity index (χ1n) is 8.22. The fourth-order valence-corrected chi connectivity index (χ4v) is 3.74. The van der Waals surface area contributed by atoms with E-state index in [0.29, 0.717) is 25.4 Å². The van der Waals surface area contributed by atoms with Crippen LogP contribution in [0.4, 0.5) is 4.79 Å². The summed E-state index contributed by atoms with van der Waals surface area (Å²) in [5.41, 5.74) is -1.05. The van der Waals surface area contributed by atoms with Gasteiger partial charge in [-0.25, -0.2) is 9.59 Å². The molecule has 0 spiro atoms. The highest BCUT2D eigenvalue weighted by Crippen LogP contribution is 2.30. The van der Waals surface area contributed by atoms with Gasteiger partial charge in [0, 0.05) is 13.1 Å². The number of rotatable bonds is 3. The Kier molecular flexibility index (Phi) is 5.12. The topological polar surface area (TPSA) is 69.6 Å². The number of aliphatic carboxylic acids is 1. The van der Waals surface area contributed by atoms with Crippen LogP contribution < -0.4 is 5.32 Å². The summed E-state index contributed by atoms with van der Waals surface area (Å²) < 4.78 is 0. The van der Waals surface area contributed by atoms with Crippen molar-refractivity contribution in [3.63, 3.8) is 0 Å². The molecule has 2 fully saturated rings. The molecule has 2 N–H and O–H groups in total. The summed E-state index contributed by atoms with van der Waals surface area (Å²) in [4.78, 5) is 25.4. The highest BCUT2D eigenvalue weighted by molar-refractivity contribution is 5.86. The van der Waals surface area contributed by atoms with Crippen LogP contribution in [-0.4, -0.2) is 40.6 Å². The molecular formula is C16H28N2O3. The number of hydrogen-bond donors (Lipinski definition) is 2. The van der Waals surface area contributed by atoms with Crippen molar-refractivity contribution in [2.24, 2.45) is 11.8 Å². The normalized spacial score (nSPS) is 33.5. The van der Waals surface area contributed by atoms with E-state index < -0.39 is 11.5 Å². The van der Waals surface area contributed by atoms with Crippen molar-refractivity contribution in [1.82, 2.24) is 10.2 Å². The maximum absolute atomic E-state index is 12.4. The van der Waals surface area contributed by atoms with Crippen LogP contribution in [0.2, 0.25) is 0 Å². The van der Waals surface area contributed by atoms with E-state index in [1.54, 1.807) is 6.92 Å². The number of nitrogens with one attached hydrogen (secondary N) is 1. The molecule has 5 nitrogen and oxygen atoms in total. The number of carbonyl (C=O) groups excluding carboxylic acids is 1. The van der Waals surface area contributed by atoms with Crippen LogP contribution in [0.3, 0.4) is 0 Å². The second-order valence-corrected chi connectivity index (χ2v) is 7.01. The average Bonchev–Trinajstić information content (AvgIpc) is 2.45. The van der Waals surface area contributed by atoms with Gasteiger partial charge in [0.15, 0.2) is 0 Å². The van der Waals surface area contributed by atoms with E-state index >= 15 is 0 Å². The van der Waals surface area contributed by atoms with Crippen molar-refractivity contribution >= 4 is 12.0 Å². The van der Waals surface area contributed by atoms with Crippen LogP contribution in [0.25, 0.3) is 0 Å². The van der Waals surface area contributed by atoms with Gasteiger partial charge in [0.2, 0.25) is 0 Å². The summed E-state index contributed by atoms with van der Waals surface area (Å²) in [5, 5.41) is 12.4. The molecule has 5 heteroatoms. The third-order valence-corrected chi connectivity index (χ3v) is 5.18. The Morgan fingerprint density at radius 2 is 2.05 bits per heavy atom. The zero-order valence-electron chi connectivity index (χ0n) is 13.2. The van der Waals surface area contributed by atoms with Gasteiger partial charge in [-0.1, -0.05) is 19.8 Å². The molecule has 0 radical (unpaired) electrons. The lowest BCUT2D eigenvalue weighted by molar-refractivity contribution is -0.150. The van der Waals surface area contributed by atoms with Crippen LogP contribution >= 0.6 is 0 Å². The smallest absolute Gasteiger partial charge is 0.329 e. The fourth-order valence-electron chi connectivity index (χ4n) is 3.74. The van der Waals surface area contributed by atoms with Gasteiger partial charge in [-0.3, -0.25) is 0 Å². The van der Waals surface area contributed by atoms with E-state index in [9.17, 15) is 14.7 Å². The molecule has 2 aliphatic rings. The molecule has 3 unspecified atom stereocenters. The maximum atomic E-state index is 12.4. The summed E-state index contributed by atoms with van der Waals surface area (Å²) in [6.45, 7) is 5.14. The van der Waals surface area contributed by atoms with Crippen LogP contribution in [0.15, 0.2) is 0 Å². The lowest BCUT2D eigenvalue weighted by Gasteiger charge is -2.41. The largest absolute Gasteiger partial charge is 0.480 e. The van der Waals surface area contributed by atoms with Crippen LogP contribution in [-0.2, 0) is 4.79 Å². The quantitative estimate of drug-likeness (QED) is 0.841. The Hall–Kier alpha value is -1.26. The summed E-state index contributed by atoms with van der Waals surface area (Å²) in [7, 11) is 0. The summed E-state index contributed by atoms with van der Waals surface area (Å²) >= 11 is 0. The lowest BCUT2D eigenvalue weighted by atomic mass is 9.82. The fraction of sp³-hybridized carbons (Fsp3) is 0.875. The molecule has 0 aromatic heterocycles. The zero-order valence-corrected chi connectivity index (χ0v) is 13.2. The molecule has 0 bridgehead atoms. The minimum absolute atomic E-state index is 0.210. The van der Waals surface area contributed by atoms with Crippen molar-refractivity contribution in [2.75, 3.05) is 13.1 Å². The molecule has 120 valence electrons. The van der Waals surface area contributed by atoms with Crippen LogP contribution in [0.1, 0.15) is 58.8 Å². The molecule has 1 aliphatic heterocycles. The van der Waals surface area contributed by atoms with Gasteiger partial charge in [-0.2, -0.15) is 0 Å². The summed E-state index contributed by atoms with van der Waals surface area (Å²) in [6.07, 6.45) is 7.14. The Labute approximate surface area is 127 Å². The first kappa shape index (κ1) is 16.1. The molecule has 1 saturated heterocycles. The van der Waals surface area contributed by atoms with Crippen molar-refractivity contribution in [3.8, 4) is 0 Å². The molecule has 2 rings (SSSR count). The molecule has 21 heavy (non-hydrogen) atoms. The SMILES string of the molecule is CC1CCCC(CNC(=O)N2CCCCC2(C)C(=O)O)C1. The van der Waals surface area contributed by atoms with E-state index in [2.05, 4.69) is 12.2 Å². The van der Waals surface area contributed by atoms with Gasteiger partial charge < -0.3 is 15.3 Å². The number of carbonyl (C=O) groups is 2. The highest BCUT2D eigenvalue weighted by Gasteiger charge is 2.44. The van der Waals surface area contributed by atoms with Gasteiger partial charge in [0.1, 0.15) is 5.54 Å². The zero-order chi connectivity index (χ0) is 15.5. The molecule has 1 saturated carbocycles. The number of carboxylic acids is 1. The number of carboxylic acid groups (broad SMARTS) is 1. The van der Waals surface area contributed by atoms with Gasteiger partial charge in [-0.15, -0.1) is 0 Å². The van der Waals surface area contributed by atoms with E-state index in [1.807, 2.05) is 0 Å². The highest BCUT2D eigenvalue weighted by atomic mass is 16.4. The predicted molar refractivity (Wildman–Crippen MR) is 81.1 cm³/mol. The number of piperidine rings is 1. The van der Waals surface area contributed by atoms with Crippen molar-refractivity contribution in [2.45, 2.75) is 64.3 Å². The number of likely N-dealkylation sites (tertiary alicyclic amines) is 1. The lowest BCUT2D eigenvalue weighted by Crippen LogP contribution is -2.60. The molecular weight excluding hydrogens is 268 g/mol. The van der Waals surface area contributed by atoms with Crippen molar-refractivity contribution < 1.29 is 14.7 Å². The Balaban J connectivity index is 1.90. The van der Waals surface area contributed by atoms with Crippen molar-refractivity contribution in [1.29, 1.82) is 0 Å². The standard InChI is InChI=1S/C16H28N2O3/c1-12-6-5-7-13(10-12)11-17-15(21)18-9-4-3-8-16(18,2)14(19)20/h12-13H,3-11H2,1-2H3,(H,17,21)(H,19,20). The second kappa shape index (κ2) is 6.67. The van der Waals surface area contributed by atoms with Gasteiger partial charge in [0.25, 0.3) is 0 Å². The average molecular weight is 296 g/mol. The first-order valence-corrected chi connectivity index (χ1v) is 8.22. The first-order chi connectivity index (χ1) is 9.93. The molecule has 0 aromatic rings. The number of hydrogen-bond acceptors (Lipinski definition) is 2. The molecule has 2 amide bonds. The Morgan fingerprint density at radius 3 is 2.71 bits per heavy atom. The molecule has 1 aliphatic carbocycles. The third kappa shape index (κ3) is 3.69. The summed E-state index contributed by atoms with van der Waals surface area (Å²) in [6, 6.07) is -0.210. The van der Waals surface area contributed by atoms with Gasteiger partial charge in [0.05, 0.1) is 0 Å². The summed E-state index contributed by atoms with van der Waals surface area (Å²) in [5.74, 6) is 0.377. The van der Waals surface area contributed by atoms with E-state index in [4.69, 9.17) is 0 Å². The minimum atomic E-state index is -1.05. The van der Waals surface area contributed by atoms with Crippen LogP contribution in [0, 0.1) is 11.8 Å². The van der Waals surface area contributed by atoms with E-state index in [0.717, 1.165) is 25.2 Å². The third-order valence-electron chi connectivity index (χ3n) is 5.18. The number of urea groups is 1. The number of amides is 2. The van der Waals surface area contributed by atoms with Gasteiger partial charge in [-0.05, 0) is 50.9 Å². The maximum Gasteiger partial charge on any atom is 0.329 e. The number of nitrogens with zero attached hydrogens (tertiary/aromatic N) is 1. The minimum Gasteiger partial charge on any atom is -0.480 e. The Bertz CT molecular complexity index is 399. The predicted octanol–water partition coefficient (Wildman–Crippen LogP) is 2.85. The monoisotopic (exact) mass is 296 g/mol. The van der Waals surface area contributed by atoms with Crippen LogP contribution in [0.5, 0.6) is 0 Å². The van der Waals surface area contributed by atoms with E-state index in [-0.39, 0.29) is 6.03 Å². The second-order valence-electron chi connectivity index (χ2n) is 7.01. The van der Waals surface area contributed by atoms with Gasteiger partial charge >= 0.3 is 12.0 Å².